The molecule has 1 saturated heterocycles. The summed E-state index contributed by atoms with van der Waals surface area (Å²) in [5.41, 5.74) is 1.07. The van der Waals surface area contributed by atoms with Gasteiger partial charge in [-0.25, -0.2) is 18.2 Å². The van der Waals surface area contributed by atoms with Gasteiger partial charge in [0.25, 0.3) is 0 Å². The number of sulfonamides is 1. The third kappa shape index (κ3) is 6.45. The quantitative estimate of drug-likeness (QED) is 0.608. The average molecular weight is 472 g/mol. The van der Waals surface area contributed by atoms with Crippen LogP contribution in [0.1, 0.15) is 24.8 Å². The number of amides is 2. The van der Waals surface area contributed by atoms with E-state index in [1.54, 1.807) is 6.20 Å². The summed E-state index contributed by atoms with van der Waals surface area (Å²) in [5, 5.41) is 2.85. The maximum Gasteiger partial charge on any atom is 0.317 e. The van der Waals surface area contributed by atoms with Gasteiger partial charge in [-0.05, 0) is 36.5 Å². The summed E-state index contributed by atoms with van der Waals surface area (Å²) in [4.78, 5) is 21.1. The zero-order valence-corrected chi connectivity index (χ0v) is 19.8. The summed E-state index contributed by atoms with van der Waals surface area (Å²) in [7, 11) is -3.43. The normalized spacial score (nSPS) is 17.4. The minimum Gasteiger partial charge on any atom is -0.354 e. The Bertz CT molecular complexity index is 991. The zero-order valence-electron chi connectivity index (χ0n) is 19.0. The molecule has 1 aromatic heterocycles. The van der Waals surface area contributed by atoms with Crippen molar-refractivity contribution in [3.05, 3.63) is 60.3 Å². The number of carbonyl (C=O) groups is 1. The van der Waals surface area contributed by atoms with Crippen LogP contribution in [0.2, 0.25) is 0 Å². The number of aromatic nitrogens is 1. The summed E-state index contributed by atoms with van der Waals surface area (Å²) in [6, 6.07) is 15.5. The van der Waals surface area contributed by atoms with E-state index in [4.69, 9.17) is 0 Å². The van der Waals surface area contributed by atoms with Crippen molar-refractivity contribution in [3.63, 3.8) is 0 Å². The predicted molar refractivity (Wildman–Crippen MR) is 129 cm³/mol. The van der Waals surface area contributed by atoms with Gasteiger partial charge in [0.05, 0.1) is 5.75 Å². The maximum atomic E-state index is 12.9. The van der Waals surface area contributed by atoms with Gasteiger partial charge < -0.3 is 15.1 Å². The molecule has 0 atom stereocenters. The molecule has 0 spiro atoms. The highest BCUT2D eigenvalue weighted by atomic mass is 32.2. The van der Waals surface area contributed by atoms with E-state index < -0.39 is 10.0 Å². The molecule has 0 radical (unpaired) electrons. The van der Waals surface area contributed by atoms with Gasteiger partial charge in [0.15, 0.2) is 0 Å². The molecule has 1 saturated carbocycles. The van der Waals surface area contributed by atoms with Crippen molar-refractivity contribution in [2.75, 3.05) is 49.9 Å². The zero-order chi connectivity index (χ0) is 23.1. The molecule has 4 rings (SSSR count). The lowest BCUT2D eigenvalue weighted by Gasteiger charge is -2.35. The molecule has 2 fully saturated rings. The van der Waals surface area contributed by atoms with E-state index in [2.05, 4.69) is 15.2 Å². The smallest absolute Gasteiger partial charge is 0.317 e. The molecule has 33 heavy (non-hydrogen) atoms. The first-order valence-electron chi connectivity index (χ1n) is 11.7. The van der Waals surface area contributed by atoms with Gasteiger partial charge in [-0.1, -0.05) is 42.8 Å². The molecule has 0 unspecified atom stereocenters. The van der Waals surface area contributed by atoms with Crippen LogP contribution in [0.5, 0.6) is 0 Å². The number of benzene rings is 1. The van der Waals surface area contributed by atoms with Crippen molar-refractivity contribution in [2.45, 2.75) is 25.8 Å². The van der Waals surface area contributed by atoms with Crippen LogP contribution in [0.3, 0.4) is 0 Å². The van der Waals surface area contributed by atoms with Crippen LogP contribution in [0.25, 0.3) is 0 Å². The number of pyridine rings is 1. The Morgan fingerprint density at radius 2 is 1.76 bits per heavy atom. The van der Waals surface area contributed by atoms with Crippen LogP contribution >= 0.6 is 0 Å². The second-order valence-corrected chi connectivity index (χ2v) is 10.9. The van der Waals surface area contributed by atoms with Crippen molar-refractivity contribution in [1.29, 1.82) is 0 Å². The fourth-order valence-electron chi connectivity index (χ4n) is 4.27. The Morgan fingerprint density at radius 1 is 1.03 bits per heavy atom. The van der Waals surface area contributed by atoms with E-state index in [1.165, 1.54) is 10.7 Å². The number of carbonyl (C=O) groups excluding carboxylic acids is 1. The maximum absolute atomic E-state index is 12.9. The Morgan fingerprint density at radius 3 is 2.39 bits per heavy atom. The molecular weight excluding hydrogens is 438 g/mol. The first-order chi connectivity index (χ1) is 16.0. The highest BCUT2D eigenvalue weighted by molar-refractivity contribution is 7.89. The summed E-state index contributed by atoms with van der Waals surface area (Å²) < 4.78 is 27.2. The number of anilines is 1. The van der Waals surface area contributed by atoms with Crippen LogP contribution < -0.4 is 10.2 Å². The molecule has 1 N–H and O–H groups in total. The van der Waals surface area contributed by atoms with Crippen LogP contribution in [0, 0.1) is 5.92 Å². The molecule has 0 bridgehead atoms. The molecule has 178 valence electrons. The second kappa shape index (κ2) is 11.0. The first-order valence-corrected chi connectivity index (χ1v) is 13.3. The molecule has 2 aromatic rings. The fourth-order valence-corrected chi connectivity index (χ4v) is 5.61. The number of rotatable bonds is 9. The largest absolute Gasteiger partial charge is 0.354 e. The van der Waals surface area contributed by atoms with E-state index in [0.717, 1.165) is 24.2 Å². The number of hydrogen-bond acceptors (Lipinski definition) is 5. The fraction of sp³-hybridized carbons (Fsp3) is 0.500. The third-order valence-electron chi connectivity index (χ3n) is 6.45. The van der Waals surface area contributed by atoms with Gasteiger partial charge in [-0.15, -0.1) is 0 Å². The highest BCUT2D eigenvalue weighted by Gasteiger charge is 2.28. The molecule has 1 aliphatic heterocycles. The van der Waals surface area contributed by atoms with Gasteiger partial charge in [-0.2, -0.15) is 4.31 Å². The molecular formula is C24H33N5O3S. The van der Waals surface area contributed by atoms with Crippen molar-refractivity contribution in [1.82, 2.24) is 19.5 Å². The second-order valence-electron chi connectivity index (χ2n) is 8.79. The molecule has 1 aromatic carbocycles. The third-order valence-corrected chi connectivity index (χ3v) is 8.32. The number of nitrogens with one attached hydrogen (secondary N) is 1. The van der Waals surface area contributed by atoms with Gasteiger partial charge in [0, 0.05) is 52.0 Å². The van der Waals surface area contributed by atoms with Crippen LogP contribution in [-0.4, -0.2) is 73.7 Å². The van der Waals surface area contributed by atoms with Crippen molar-refractivity contribution in [2.24, 2.45) is 5.92 Å². The Kier molecular flexibility index (Phi) is 7.82. The molecule has 8 nitrogen and oxygen atoms in total. The van der Waals surface area contributed by atoms with Gasteiger partial charge in [-0.3, -0.25) is 0 Å². The SMILES string of the molecule is O=C(NCCS(=O)(=O)N1CCN(c2ccccn2)CC1)N(Cc1ccccc1)CC1CCC1. The van der Waals surface area contributed by atoms with Crippen LogP contribution in [0.15, 0.2) is 54.7 Å². The Labute approximate surface area is 196 Å². The Hall–Kier alpha value is -2.65. The highest BCUT2D eigenvalue weighted by Crippen LogP contribution is 2.27. The van der Waals surface area contributed by atoms with Gasteiger partial charge >= 0.3 is 6.03 Å². The number of nitrogens with zero attached hydrogens (tertiary/aromatic N) is 4. The van der Waals surface area contributed by atoms with E-state index in [9.17, 15) is 13.2 Å². The standard InChI is InChI=1S/C24H33N5O3S/c30-24(28(20-22-9-6-10-22)19-21-7-2-1-3-8-21)26-13-18-33(31,32)29-16-14-27(15-17-29)23-11-4-5-12-25-23/h1-5,7-8,11-12,22H,6,9-10,13-20H2,(H,26,30). The summed E-state index contributed by atoms with van der Waals surface area (Å²) in [6.07, 6.45) is 5.26. The first kappa shape index (κ1) is 23.5. The molecule has 2 aliphatic rings. The number of hydrogen-bond donors (Lipinski definition) is 1. The van der Waals surface area contributed by atoms with Crippen molar-refractivity contribution >= 4 is 21.9 Å². The Balaban J connectivity index is 1.26. The van der Waals surface area contributed by atoms with Crippen molar-refractivity contribution in [3.8, 4) is 0 Å². The van der Waals surface area contributed by atoms with E-state index >= 15 is 0 Å². The lowest BCUT2D eigenvalue weighted by molar-refractivity contribution is 0.164. The summed E-state index contributed by atoms with van der Waals surface area (Å²) in [6.45, 7) is 3.42. The lowest BCUT2D eigenvalue weighted by atomic mass is 9.85. The van der Waals surface area contributed by atoms with Crippen LogP contribution in [-0.2, 0) is 16.6 Å². The lowest BCUT2D eigenvalue weighted by Crippen LogP contribution is -2.51. The monoisotopic (exact) mass is 471 g/mol. The molecule has 2 amide bonds. The minimum atomic E-state index is -3.43. The van der Waals surface area contributed by atoms with E-state index in [-0.39, 0.29) is 18.3 Å². The van der Waals surface area contributed by atoms with Gasteiger partial charge in [0.2, 0.25) is 10.0 Å². The predicted octanol–water partition coefficient (Wildman–Crippen LogP) is 2.55. The average Bonchev–Trinajstić information content (AvgIpc) is 2.81. The summed E-state index contributed by atoms with van der Waals surface area (Å²) >= 11 is 0. The molecule has 9 heteroatoms. The van der Waals surface area contributed by atoms with Crippen molar-refractivity contribution < 1.29 is 13.2 Å². The number of urea groups is 1. The van der Waals surface area contributed by atoms with Gasteiger partial charge in [0.1, 0.15) is 5.82 Å². The van der Waals surface area contributed by atoms with E-state index in [1.807, 2.05) is 53.4 Å². The molecule has 2 heterocycles. The van der Waals surface area contributed by atoms with Crippen LogP contribution in [0.4, 0.5) is 10.6 Å². The molecule has 1 aliphatic carbocycles. The minimum absolute atomic E-state index is 0.0923. The topological polar surface area (TPSA) is 85.8 Å². The van der Waals surface area contributed by atoms with E-state index in [0.29, 0.717) is 45.2 Å². The summed E-state index contributed by atoms with van der Waals surface area (Å²) in [5.74, 6) is 1.32. The number of piperazine rings is 1.